The van der Waals surface area contributed by atoms with Gasteiger partial charge in [-0.1, -0.05) is 6.07 Å². The summed E-state index contributed by atoms with van der Waals surface area (Å²) in [6.45, 7) is 5.53. The monoisotopic (exact) mass is 491 g/mol. The molecular formula is C23H26FN3O6S. The largest absolute Gasteiger partial charge is 0.478 e. The van der Waals surface area contributed by atoms with Gasteiger partial charge in [0.05, 0.1) is 17.0 Å². The topological polar surface area (TPSA) is 129 Å². The van der Waals surface area contributed by atoms with Crippen molar-refractivity contribution in [1.82, 2.24) is 9.88 Å². The molecule has 3 N–H and O–H groups in total. The number of carbonyl (C=O) groups excluding carboxylic acids is 1. The van der Waals surface area contributed by atoms with E-state index in [-0.39, 0.29) is 5.82 Å². The average molecular weight is 492 g/mol. The maximum absolute atomic E-state index is 13.5. The number of piperidine rings is 3. The lowest BCUT2D eigenvalue weighted by molar-refractivity contribution is -0.134. The number of ether oxygens (including phenoxy) is 1. The number of aromatic nitrogens is 1. The molecule has 4 heterocycles. The van der Waals surface area contributed by atoms with Crippen LogP contribution in [0.3, 0.4) is 0 Å². The second-order valence-corrected chi connectivity index (χ2v) is 8.98. The first-order valence-electron chi connectivity index (χ1n) is 10.7. The molecule has 11 heteroatoms. The molecule has 0 aliphatic carbocycles. The third kappa shape index (κ3) is 7.09. The highest BCUT2D eigenvalue weighted by atomic mass is 32.1. The van der Waals surface area contributed by atoms with Gasteiger partial charge in [-0.05, 0) is 62.0 Å². The van der Waals surface area contributed by atoms with E-state index in [2.05, 4.69) is 15.2 Å². The van der Waals surface area contributed by atoms with Crippen LogP contribution >= 0.6 is 11.3 Å². The second-order valence-electron chi connectivity index (χ2n) is 8.13. The summed E-state index contributed by atoms with van der Waals surface area (Å²) in [5.41, 5.74) is 3.06. The Morgan fingerprint density at radius 3 is 2.47 bits per heavy atom. The van der Waals surface area contributed by atoms with E-state index in [4.69, 9.17) is 14.9 Å². The molecule has 34 heavy (non-hydrogen) atoms. The van der Waals surface area contributed by atoms with Crippen LogP contribution in [0.25, 0.3) is 10.4 Å². The smallest absolute Gasteiger partial charge is 0.412 e. The quantitative estimate of drug-likeness (QED) is 0.520. The molecule has 1 aromatic carbocycles. The van der Waals surface area contributed by atoms with Crippen molar-refractivity contribution in [2.45, 2.75) is 19.8 Å². The molecule has 3 aliphatic heterocycles. The Balaban J connectivity index is 0.000000350. The van der Waals surface area contributed by atoms with Crippen LogP contribution in [0.2, 0.25) is 0 Å². The van der Waals surface area contributed by atoms with Gasteiger partial charge in [0.1, 0.15) is 5.82 Å². The molecule has 1 atom stereocenters. The minimum Gasteiger partial charge on any atom is -0.478 e. The number of amides is 1. The first-order chi connectivity index (χ1) is 16.2. The fraction of sp³-hybridized carbons (Fsp3) is 0.391. The van der Waals surface area contributed by atoms with Crippen LogP contribution in [-0.4, -0.2) is 64.4 Å². The maximum atomic E-state index is 13.5. The van der Waals surface area contributed by atoms with Crippen LogP contribution in [0.15, 0.2) is 35.9 Å². The summed E-state index contributed by atoms with van der Waals surface area (Å²) in [6, 6.07) is 4.88. The minimum absolute atomic E-state index is 0.246. The van der Waals surface area contributed by atoms with Crippen molar-refractivity contribution in [3.63, 3.8) is 0 Å². The summed E-state index contributed by atoms with van der Waals surface area (Å²) in [7, 11) is 0. The number of carbonyl (C=O) groups is 3. The van der Waals surface area contributed by atoms with Crippen molar-refractivity contribution in [2.24, 2.45) is 11.8 Å². The molecule has 1 unspecified atom stereocenters. The molecule has 1 amide bonds. The lowest BCUT2D eigenvalue weighted by Gasteiger charge is -2.44. The van der Waals surface area contributed by atoms with Gasteiger partial charge in [0.25, 0.3) is 0 Å². The number of nitrogens with one attached hydrogen (secondary N) is 1. The van der Waals surface area contributed by atoms with E-state index in [1.165, 1.54) is 43.3 Å². The maximum Gasteiger partial charge on any atom is 0.412 e. The third-order valence-corrected chi connectivity index (χ3v) is 6.67. The SMILES string of the molecule is Cc1cc(-c2scnc2NC(=O)OCC2CN3CCC2CC3)ccc1F.O=C(O)/C=C/C(=O)O. The van der Waals surface area contributed by atoms with Gasteiger partial charge in [0, 0.05) is 24.6 Å². The van der Waals surface area contributed by atoms with Crippen LogP contribution in [-0.2, 0) is 14.3 Å². The Hall–Kier alpha value is -3.31. The van der Waals surface area contributed by atoms with Crippen LogP contribution in [0.4, 0.5) is 15.0 Å². The molecular weight excluding hydrogens is 465 g/mol. The molecule has 0 radical (unpaired) electrons. The number of benzene rings is 1. The summed E-state index contributed by atoms with van der Waals surface area (Å²) in [4.78, 5) is 38.8. The van der Waals surface area contributed by atoms with Crippen LogP contribution in [0.1, 0.15) is 18.4 Å². The second kappa shape index (κ2) is 11.7. The number of fused-ring (bicyclic) bond motifs is 3. The van der Waals surface area contributed by atoms with Crippen molar-refractivity contribution in [1.29, 1.82) is 0 Å². The average Bonchev–Trinajstić information content (AvgIpc) is 3.27. The van der Waals surface area contributed by atoms with E-state index in [1.54, 1.807) is 24.6 Å². The number of hydrogen-bond acceptors (Lipinski definition) is 7. The first-order valence-corrected chi connectivity index (χ1v) is 11.6. The molecule has 2 bridgehead atoms. The van der Waals surface area contributed by atoms with Crippen molar-refractivity contribution in [2.75, 3.05) is 31.6 Å². The Labute approximate surface area is 199 Å². The number of nitrogens with zero attached hydrogens (tertiary/aromatic N) is 2. The van der Waals surface area contributed by atoms with Crippen LogP contribution in [0.5, 0.6) is 0 Å². The minimum atomic E-state index is -1.26. The fourth-order valence-electron chi connectivity index (χ4n) is 4.06. The molecule has 3 fully saturated rings. The molecule has 3 saturated heterocycles. The van der Waals surface area contributed by atoms with Gasteiger partial charge in [-0.25, -0.2) is 23.8 Å². The molecule has 3 aliphatic rings. The number of thiazole rings is 1. The Kier molecular flexibility index (Phi) is 8.72. The molecule has 2 aromatic rings. The number of rotatable bonds is 6. The molecule has 0 spiro atoms. The van der Waals surface area contributed by atoms with E-state index < -0.39 is 18.0 Å². The van der Waals surface area contributed by atoms with E-state index in [9.17, 15) is 18.8 Å². The van der Waals surface area contributed by atoms with Gasteiger partial charge in [-0.2, -0.15) is 0 Å². The zero-order chi connectivity index (χ0) is 24.7. The third-order valence-electron chi connectivity index (χ3n) is 5.80. The van der Waals surface area contributed by atoms with E-state index in [1.807, 2.05) is 0 Å². The van der Waals surface area contributed by atoms with Crippen molar-refractivity contribution >= 4 is 35.2 Å². The van der Waals surface area contributed by atoms with Crippen LogP contribution < -0.4 is 5.32 Å². The number of halogens is 1. The molecule has 1 aromatic heterocycles. The summed E-state index contributed by atoms with van der Waals surface area (Å²) in [5.74, 6) is -1.20. The number of anilines is 1. The summed E-state index contributed by atoms with van der Waals surface area (Å²) >= 11 is 1.40. The Morgan fingerprint density at radius 1 is 1.24 bits per heavy atom. The standard InChI is InChI=1S/C19H22FN3O2S.C4H4O4/c1-12-8-14(2-3-16(12)20)17-18(21-11-26-17)22-19(24)25-10-15-9-23-6-4-13(15)5-7-23;5-3(6)1-2-4(7)8/h2-3,8,11,13,15H,4-7,9-10H2,1H3,(H,22,24);1-2H,(H,5,6)(H,7,8)/b;2-1+. The van der Waals surface area contributed by atoms with Crippen LogP contribution in [0, 0.1) is 24.6 Å². The van der Waals surface area contributed by atoms with E-state index in [0.29, 0.717) is 42.0 Å². The van der Waals surface area contributed by atoms with Gasteiger partial charge in [0.2, 0.25) is 0 Å². The number of carboxylic acids is 2. The van der Waals surface area contributed by atoms with Crippen molar-refractivity contribution < 1.29 is 33.7 Å². The number of carboxylic acid groups (broad SMARTS) is 2. The Morgan fingerprint density at radius 2 is 1.91 bits per heavy atom. The van der Waals surface area contributed by atoms with Crippen molar-refractivity contribution in [3.05, 3.63) is 47.2 Å². The lowest BCUT2D eigenvalue weighted by Crippen LogP contribution is -2.49. The van der Waals surface area contributed by atoms with Gasteiger partial charge >= 0.3 is 18.0 Å². The normalized spacial score (nSPS) is 20.9. The van der Waals surface area contributed by atoms with Gasteiger partial charge in [0.15, 0.2) is 5.82 Å². The van der Waals surface area contributed by atoms with E-state index >= 15 is 0 Å². The summed E-state index contributed by atoms with van der Waals surface area (Å²) < 4.78 is 19.0. The number of aryl methyl sites for hydroxylation is 1. The Bertz CT molecular complexity index is 1050. The molecule has 182 valence electrons. The highest BCUT2D eigenvalue weighted by molar-refractivity contribution is 7.13. The zero-order valence-electron chi connectivity index (χ0n) is 18.6. The first kappa shape index (κ1) is 25.3. The molecule has 5 rings (SSSR count). The van der Waals surface area contributed by atoms with Gasteiger partial charge in [-0.3, -0.25) is 5.32 Å². The highest BCUT2D eigenvalue weighted by Gasteiger charge is 2.34. The zero-order valence-corrected chi connectivity index (χ0v) is 19.4. The number of hydrogen-bond donors (Lipinski definition) is 3. The van der Waals surface area contributed by atoms with E-state index in [0.717, 1.165) is 17.0 Å². The molecule has 9 nitrogen and oxygen atoms in total. The highest BCUT2D eigenvalue weighted by Crippen LogP contribution is 2.34. The van der Waals surface area contributed by atoms with Crippen molar-refractivity contribution in [3.8, 4) is 10.4 Å². The molecule has 0 saturated carbocycles. The van der Waals surface area contributed by atoms with Gasteiger partial charge in [-0.15, -0.1) is 11.3 Å². The van der Waals surface area contributed by atoms with Gasteiger partial charge < -0.3 is 19.8 Å². The predicted molar refractivity (Wildman–Crippen MR) is 124 cm³/mol. The fourth-order valence-corrected chi connectivity index (χ4v) is 4.80. The predicted octanol–water partition coefficient (Wildman–Crippen LogP) is 3.86. The summed E-state index contributed by atoms with van der Waals surface area (Å²) in [5, 5.41) is 18.4. The summed E-state index contributed by atoms with van der Waals surface area (Å²) in [6.07, 6.45) is 3.04. The lowest BCUT2D eigenvalue weighted by atomic mass is 9.79. The number of aliphatic carboxylic acids is 2.